The number of nitrogens with zero attached hydrogens (tertiary/aromatic N) is 1. The maximum absolute atomic E-state index is 12.0. The van der Waals surface area contributed by atoms with Crippen molar-refractivity contribution in [3.8, 4) is 5.75 Å². The van der Waals surface area contributed by atoms with Crippen molar-refractivity contribution >= 4 is 34.1 Å². The van der Waals surface area contributed by atoms with Crippen molar-refractivity contribution in [2.24, 2.45) is 0 Å². The Bertz CT molecular complexity index is 865. The van der Waals surface area contributed by atoms with Gasteiger partial charge in [-0.2, -0.15) is 0 Å². The maximum atomic E-state index is 12.0. The second-order valence-electron chi connectivity index (χ2n) is 5.11. The van der Waals surface area contributed by atoms with Crippen molar-refractivity contribution in [1.29, 1.82) is 0 Å². The van der Waals surface area contributed by atoms with E-state index in [0.29, 0.717) is 16.5 Å². The molecule has 1 heterocycles. The van der Waals surface area contributed by atoms with Gasteiger partial charge in [0.15, 0.2) is 6.61 Å². The van der Waals surface area contributed by atoms with E-state index in [0.717, 1.165) is 16.5 Å². The fraction of sp³-hybridized carbons (Fsp3) is 0.111. The number of hydrogen-bond donors (Lipinski definition) is 1. The zero-order valence-corrected chi connectivity index (χ0v) is 13.3. The number of amides is 1. The number of ether oxygens (including phenoxy) is 1. The standard InChI is InChI=1S/C18H15ClN2O2/c1-12-15(19)5-2-6-17(12)23-11-18(22)21-14-7-8-16-13(10-14)4-3-9-20-16/h2-10H,11H2,1H3,(H,21,22). The summed E-state index contributed by atoms with van der Waals surface area (Å²) in [7, 11) is 0. The molecule has 2 aromatic carbocycles. The Kier molecular flexibility index (Phi) is 4.44. The van der Waals surface area contributed by atoms with Crippen LogP contribution in [0.25, 0.3) is 10.9 Å². The highest BCUT2D eigenvalue weighted by Crippen LogP contribution is 2.25. The highest BCUT2D eigenvalue weighted by atomic mass is 35.5. The Hall–Kier alpha value is -2.59. The van der Waals surface area contributed by atoms with E-state index in [1.807, 2.05) is 37.3 Å². The molecule has 1 aromatic heterocycles. The van der Waals surface area contributed by atoms with Crippen LogP contribution in [-0.2, 0) is 4.79 Å². The molecule has 0 aliphatic rings. The molecule has 1 amide bonds. The van der Waals surface area contributed by atoms with Crippen LogP contribution in [0, 0.1) is 6.92 Å². The lowest BCUT2D eigenvalue weighted by Gasteiger charge is -2.10. The Morgan fingerprint density at radius 1 is 1.22 bits per heavy atom. The fourth-order valence-corrected chi connectivity index (χ4v) is 2.40. The van der Waals surface area contributed by atoms with Crippen molar-refractivity contribution in [3.63, 3.8) is 0 Å². The first kappa shape index (κ1) is 15.3. The van der Waals surface area contributed by atoms with Gasteiger partial charge in [0.1, 0.15) is 5.75 Å². The second-order valence-corrected chi connectivity index (χ2v) is 5.52. The van der Waals surface area contributed by atoms with Crippen LogP contribution in [0.1, 0.15) is 5.56 Å². The number of halogens is 1. The number of aromatic nitrogens is 1. The monoisotopic (exact) mass is 326 g/mol. The van der Waals surface area contributed by atoms with Gasteiger partial charge in [-0.15, -0.1) is 0 Å². The van der Waals surface area contributed by atoms with Crippen molar-refractivity contribution in [1.82, 2.24) is 4.98 Å². The highest BCUT2D eigenvalue weighted by molar-refractivity contribution is 6.31. The quantitative estimate of drug-likeness (QED) is 0.781. The summed E-state index contributed by atoms with van der Waals surface area (Å²) in [4.78, 5) is 16.3. The summed E-state index contributed by atoms with van der Waals surface area (Å²) in [5, 5.41) is 4.40. The van der Waals surface area contributed by atoms with E-state index in [4.69, 9.17) is 16.3 Å². The smallest absolute Gasteiger partial charge is 0.262 e. The van der Waals surface area contributed by atoms with Crippen molar-refractivity contribution in [3.05, 3.63) is 65.3 Å². The van der Waals surface area contributed by atoms with Crippen LogP contribution in [0.5, 0.6) is 5.75 Å². The van der Waals surface area contributed by atoms with Crippen molar-refractivity contribution in [2.75, 3.05) is 11.9 Å². The summed E-state index contributed by atoms with van der Waals surface area (Å²) in [6.45, 7) is 1.78. The molecule has 0 saturated heterocycles. The highest BCUT2D eigenvalue weighted by Gasteiger charge is 2.07. The summed E-state index contributed by atoms with van der Waals surface area (Å²) in [5.41, 5.74) is 2.41. The van der Waals surface area contributed by atoms with Gasteiger partial charge < -0.3 is 10.1 Å². The lowest BCUT2D eigenvalue weighted by atomic mass is 10.2. The normalized spacial score (nSPS) is 10.5. The van der Waals surface area contributed by atoms with E-state index in [-0.39, 0.29) is 12.5 Å². The number of benzene rings is 2. The van der Waals surface area contributed by atoms with Crippen LogP contribution in [0.4, 0.5) is 5.69 Å². The Balaban J connectivity index is 1.65. The Labute approximate surface area is 139 Å². The molecule has 4 nitrogen and oxygen atoms in total. The molecule has 0 fully saturated rings. The predicted molar refractivity (Wildman–Crippen MR) is 92.1 cm³/mol. The molecule has 3 rings (SSSR count). The molecule has 0 atom stereocenters. The first-order valence-corrected chi connectivity index (χ1v) is 7.54. The molecule has 23 heavy (non-hydrogen) atoms. The minimum Gasteiger partial charge on any atom is -0.483 e. The number of nitrogens with one attached hydrogen (secondary N) is 1. The molecule has 0 spiro atoms. The average Bonchev–Trinajstić information content (AvgIpc) is 2.56. The first-order chi connectivity index (χ1) is 11.1. The van der Waals surface area contributed by atoms with Crippen LogP contribution in [0.15, 0.2) is 54.7 Å². The van der Waals surface area contributed by atoms with Gasteiger partial charge in [0.25, 0.3) is 5.91 Å². The summed E-state index contributed by atoms with van der Waals surface area (Å²) in [6, 6.07) is 14.7. The summed E-state index contributed by atoms with van der Waals surface area (Å²) >= 11 is 6.03. The zero-order chi connectivity index (χ0) is 16.2. The number of hydrogen-bond acceptors (Lipinski definition) is 3. The third kappa shape index (κ3) is 3.60. The molecule has 0 aliphatic carbocycles. The number of fused-ring (bicyclic) bond motifs is 1. The third-order valence-corrected chi connectivity index (χ3v) is 3.87. The summed E-state index contributed by atoms with van der Waals surface area (Å²) in [6.07, 6.45) is 1.74. The molecule has 116 valence electrons. The molecule has 0 saturated carbocycles. The first-order valence-electron chi connectivity index (χ1n) is 7.16. The molecule has 3 aromatic rings. The molecule has 1 N–H and O–H groups in total. The summed E-state index contributed by atoms with van der Waals surface area (Å²) in [5.74, 6) is 0.378. The predicted octanol–water partition coefficient (Wildman–Crippen LogP) is 4.21. The fourth-order valence-electron chi connectivity index (χ4n) is 2.24. The molecule has 0 unspecified atom stereocenters. The second kappa shape index (κ2) is 6.67. The zero-order valence-electron chi connectivity index (χ0n) is 12.5. The van der Waals surface area contributed by atoms with Gasteiger partial charge in [0.05, 0.1) is 5.52 Å². The van der Waals surface area contributed by atoms with Crippen LogP contribution in [0.3, 0.4) is 0 Å². The van der Waals surface area contributed by atoms with E-state index in [9.17, 15) is 4.79 Å². The van der Waals surface area contributed by atoms with E-state index in [1.54, 1.807) is 24.4 Å². The van der Waals surface area contributed by atoms with Gasteiger partial charge in [-0.05, 0) is 43.3 Å². The lowest BCUT2D eigenvalue weighted by Crippen LogP contribution is -2.20. The minimum atomic E-state index is -0.229. The summed E-state index contributed by atoms with van der Waals surface area (Å²) < 4.78 is 5.53. The van der Waals surface area contributed by atoms with Crippen molar-refractivity contribution in [2.45, 2.75) is 6.92 Å². The number of anilines is 1. The number of rotatable bonds is 4. The molecular formula is C18H15ClN2O2. The maximum Gasteiger partial charge on any atom is 0.262 e. The third-order valence-electron chi connectivity index (χ3n) is 3.46. The van der Waals surface area contributed by atoms with E-state index < -0.39 is 0 Å². The lowest BCUT2D eigenvalue weighted by molar-refractivity contribution is -0.118. The Morgan fingerprint density at radius 3 is 2.96 bits per heavy atom. The SMILES string of the molecule is Cc1c(Cl)cccc1OCC(=O)Nc1ccc2ncccc2c1. The largest absolute Gasteiger partial charge is 0.483 e. The number of carbonyl (C=O) groups excluding carboxylic acids is 1. The number of pyridine rings is 1. The van der Waals surface area contributed by atoms with Gasteiger partial charge in [-0.25, -0.2) is 0 Å². The van der Waals surface area contributed by atoms with Crippen LogP contribution in [0.2, 0.25) is 5.02 Å². The van der Waals surface area contributed by atoms with Crippen LogP contribution < -0.4 is 10.1 Å². The van der Waals surface area contributed by atoms with Crippen LogP contribution >= 0.6 is 11.6 Å². The molecule has 0 radical (unpaired) electrons. The molecular weight excluding hydrogens is 312 g/mol. The van der Waals surface area contributed by atoms with E-state index in [1.165, 1.54) is 0 Å². The Morgan fingerprint density at radius 2 is 2.09 bits per heavy atom. The van der Waals surface area contributed by atoms with Gasteiger partial charge in [0, 0.05) is 27.9 Å². The van der Waals surface area contributed by atoms with Crippen molar-refractivity contribution < 1.29 is 9.53 Å². The van der Waals surface area contributed by atoms with E-state index in [2.05, 4.69) is 10.3 Å². The van der Waals surface area contributed by atoms with Gasteiger partial charge in [0.2, 0.25) is 0 Å². The van der Waals surface area contributed by atoms with E-state index >= 15 is 0 Å². The van der Waals surface area contributed by atoms with Crippen LogP contribution in [-0.4, -0.2) is 17.5 Å². The average molecular weight is 327 g/mol. The van der Waals surface area contributed by atoms with Gasteiger partial charge >= 0.3 is 0 Å². The molecule has 0 bridgehead atoms. The topological polar surface area (TPSA) is 51.2 Å². The number of carbonyl (C=O) groups is 1. The van der Waals surface area contributed by atoms with Gasteiger partial charge in [-0.1, -0.05) is 23.7 Å². The minimum absolute atomic E-state index is 0.0771. The molecule has 5 heteroatoms. The molecule has 0 aliphatic heterocycles. The van der Waals surface area contributed by atoms with Gasteiger partial charge in [-0.3, -0.25) is 9.78 Å².